The molecular weight excluding hydrogens is 502 g/mol. The van der Waals surface area contributed by atoms with Crippen LogP contribution in [0.25, 0.3) is 11.3 Å². The minimum atomic E-state index is -0.558. The second kappa shape index (κ2) is 11.4. The maximum absolute atomic E-state index is 12.1. The molecule has 1 amide bonds. The van der Waals surface area contributed by atoms with Crippen LogP contribution in [-0.2, 0) is 24.3 Å². The third-order valence-electron chi connectivity index (χ3n) is 7.68. The first-order valence-corrected chi connectivity index (χ1v) is 13.6. The van der Waals surface area contributed by atoms with Crippen LogP contribution in [0, 0.1) is 6.92 Å². The molecule has 2 aliphatic heterocycles. The number of aryl methyl sites for hydroxylation is 1. The standard InChI is InChI=1S/C29H36ClN5O3/c1-20-8-9-22(16-25(20)30)29-24-19-34(21(2)36)11-10-26(24)35(31-29)18-23(37)17-32-12-14-33(15-13-32)27-6-4-5-7-28(27)38-3/h4-9,16,23,37H,10-15,17-19H2,1-3H3. The Kier molecular flexibility index (Phi) is 7.93. The molecule has 0 spiro atoms. The molecule has 0 bridgehead atoms. The summed E-state index contributed by atoms with van der Waals surface area (Å²) in [5.41, 5.74) is 6.03. The third kappa shape index (κ3) is 5.53. The number of amides is 1. The first kappa shape index (κ1) is 26.5. The summed E-state index contributed by atoms with van der Waals surface area (Å²) in [4.78, 5) is 18.6. The van der Waals surface area contributed by atoms with E-state index in [1.54, 1.807) is 14.0 Å². The van der Waals surface area contributed by atoms with Gasteiger partial charge in [-0.2, -0.15) is 5.10 Å². The van der Waals surface area contributed by atoms with E-state index >= 15 is 0 Å². The monoisotopic (exact) mass is 537 g/mol. The van der Waals surface area contributed by atoms with Gasteiger partial charge in [0.2, 0.25) is 5.91 Å². The van der Waals surface area contributed by atoms with Crippen LogP contribution >= 0.6 is 11.6 Å². The number of fused-ring (bicyclic) bond motifs is 1. The highest BCUT2D eigenvalue weighted by Crippen LogP contribution is 2.33. The molecular formula is C29H36ClN5O3. The number of anilines is 1. The normalized spacial score (nSPS) is 16.9. The number of benzene rings is 2. The van der Waals surface area contributed by atoms with Crippen molar-refractivity contribution in [1.82, 2.24) is 19.6 Å². The Morgan fingerprint density at radius 2 is 1.87 bits per heavy atom. The van der Waals surface area contributed by atoms with Crippen LogP contribution in [0.2, 0.25) is 5.02 Å². The molecule has 1 N–H and O–H groups in total. The zero-order valence-electron chi connectivity index (χ0n) is 22.4. The lowest BCUT2D eigenvalue weighted by Gasteiger charge is -2.37. The number of hydrogen-bond donors (Lipinski definition) is 1. The van der Waals surface area contributed by atoms with Gasteiger partial charge in [0.25, 0.3) is 0 Å². The van der Waals surface area contributed by atoms with Gasteiger partial charge in [0.05, 0.1) is 31.1 Å². The molecule has 3 aromatic rings. The number of carbonyl (C=O) groups is 1. The molecule has 38 heavy (non-hydrogen) atoms. The van der Waals surface area contributed by atoms with E-state index in [4.69, 9.17) is 21.4 Å². The lowest BCUT2D eigenvalue weighted by Crippen LogP contribution is -2.49. The third-order valence-corrected chi connectivity index (χ3v) is 8.08. The van der Waals surface area contributed by atoms with Crippen molar-refractivity contribution in [3.63, 3.8) is 0 Å². The van der Waals surface area contributed by atoms with E-state index in [2.05, 4.69) is 15.9 Å². The van der Waals surface area contributed by atoms with Gasteiger partial charge in [-0.25, -0.2) is 0 Å². The molecule has 2 aromatic carbocycles. The molecule has 202 valence electrons. The minimum absolute atomic E-state index is 0.0589. The average Bonchev–Trinajstić information content (AvgIpc) is 3.28. The minimum Gasteiger partial charge on any atom is -0.495 e. The number of methoxy groups -OCH3 is 1. The molecule has 1 aromatic heterocycles. The lowest BCUT2D eigenvalue weighted by atomic mass is 10.00. The summed E-state index contributed by atoms with van der Waals surface area (Å²) in [6.45, 7) is 9.25. The lowest BCUT2D eigenvalue weighted by molar-refractivity contribution is -0.129. The number of aromatic nitrogens is 2. The van der Waals surface area contributed by atoms with Crippen molar-refractivity contribution in [1.29, 1.82) is 0 Å². The van der Waals surface area contributed by atoms with Crippen molar-refractivity contribution in [3.8, 4) is 17.0 Å². The summed E-state index contributed by atoms with van der Waals surface area (Å²) >= 11 is 6.44. The van der Waals surface area contributed by atoms with Crippen molar-refractivity contribution < 1.29 is 14.6 Å². The van der Waals surface area contributed by atoms with Crippen molar-refractivity contribution in [2.45, 2.75) is 39.5 Å². The zero-order valence-corrected chi connectivity index (χ0v) is 23.1. The second-order valence-corrected chi connectivity index (χ2v) is 10.6. The van der Waals surface area contributed by atoms with Crippen molar-refractivity contribution in [2.24, 2.45) is 0 Å². The number of nitrogens with zero attached hydrogens (tertiary/aromatic N) is 5. The molecule has 2 aliphatic rings. The van der Waals surface area contributed by atoms with Crippen LogP contribution in [0.3, 0.4) is 0 Å². The van der Waals surface area contributed by atoms with E-state index in [-0.39, 0.29) is 5.91 Å². The van der Waals surface area contributed by atoms with Gasteiger partial charge < -0.3 is 19.6 Å². The van der Waals surface area contributed by atoms with Gasteiger partial charge in [-0.1, -0.05) is 35.9 Å². The number of aliphatic hydroxyl groups excluding tert-OH is 1. The number of piperazine rings is 1. The quantitative estimate of drug-likeness (QED) is 0.496. The maximum Gasteiger partial charge on any atom is 0.219 e. The molecule has 5 rings (SSSR count). The highest BCUT2D eigenvalue weighted by Gasteiger charge is 2.28. The SMILES string of the molecule is COc1ccccc1N1CCN(CC(O)Cn2nc(-c3ccc(C)c(Cl)c3)c3c2CCN(C(C)=O)C3)CC1. The van der Waals surface area contributed by atoms with Crippen molar-refractivity contribution in [3.05, 3.63) is 64.3 Å². The predicted molar refractivity (Wildman–Crippen MR) is 150 cm³/mol. The van der Waals surface area contributed by atoms with Crippen molar-refractivity contribution in [2.75, 3.05) is 51.3 Å². The van der Waals surface area contributed by atoms with E-state index in [9.17, 15) is 9.90 Å². The molecule has 1 unspecified atom stereocenters. The Labute approximate surface area is 229 Å². The fraction of sp³-hybridized carbons (Fsp3) is 0.448. The van der Waals surface area contributed by atoms with Gasteiger partial charge in [0.1, 0.15) is 5.75 Å². The fourth-order valence-electron chi connectivity index (χ4n) is 5.50. The molecule has 1 atom stereocenters. The number of hydrogen-bond acceptors (Lipinski definition) is 6. The summed E-state index contributed by atoms with van der Waals surface area (Å²) in [7, 11) is 1.70. The van der Waals surface area contributed by atoms with E-state index in [0.717, 1.165) is 65.7 Å². The zero-order chi connectivity index (χ0) is 26.8. The number of rotatable bonds is 7. The van der Waals surface area contributed by atoms with E-state index in [1.807, 2.05) is 52.9 Å². The molecule has 3 heterocycles. The Morgan fingerprint density at radius 1 is 1.11 bits per heavy atom. The first-order chi connectivity index (χ1) is 18.3. The van der Waals surface area contributed by atoms with Gasteiger partial charge in [-0.3, -0.25) is 14.4 Å². The largest absolute Gasteiger partial charge is 0.495 e. The highest BCUT2D eigenvalue weighted by molar-refractivity contribution is 6.31. The van der Waals surface area contributed by atoms with Crippen LogP contribution in [0.5, 0.6) is 5.75 Å². The molecule has 0 aliphatic carbocycles. The number of β-amino-alcohol motifs (C(OH)–C–C–N with tert-alkyl or cyclic N) is 1. The highest BCUT2D eigenvalue weighted by atomic mass is 35.5. The van der Waals surface area contributed by atoms with Crippen LogP contribution in [0.1, 0.15) is 23.7 Å². The van der Waals surface area contributed by atoms with Crippen LogP contribution in [-0.4, -0.2) is 83.1 Å². The van der Waals surface area contributed by atoms with Gasteiger partial charge in [0, 0.05) is 81.0 Å². The van der Waals surface area contributed by atoms with Crippen LogP contribution in [0.15, 0.2) is 42.5 Å². The molecule has 1 fully saturated rings. The number of carbonyl (C=O) groups excluding carboxylic acids is 1. The number of halogens is 1. The van der Waals surface area contributed by atoms with Gasteiger partial charge in [-0.05, 0) is 30.7 Å². The summed E-state index contributed by atoms with van der Waals surface area (Å²) in [5, 5.41) is 16.7. The summed E-state index contributed by atoms with van der Waals surface area (Å²) in [5.74, 6) is 0.946. The second-order valence-electron chi connectivity index (χ2n) is 10.2. The summed E-state index contributed by atoms with van der Waals surface area (Å²) in [6.07, 6.45) is 0.156. The summed E-state index contributed by atoms with van der Waals surface area (Å²) < 4.78 is 7.48. The Balaban J connectivity index is 1.29. The molecule has 0 saturated carbocycles. The topological polar surface area (TPSA) is 74.1 Å². The maximum atomic E-state index is 12.1. The predicted octanol–water partition coefficient (Wildman–Crippen LogP) is 3.61. The summed E-state index contributed by atoms with van der Waals surface area (Å²) in [6, 6.07) is 14.1. The number of aliphatic hydroxyl groups is 1. The molecule has 9 heteroatoms. The van der Waals surface area contributed by atoms with Crippen LogP contribution in [0.4, 0.5) is 5.69 Å². The average molecular weight is 538 g/mol. The van der Waals surface area contributed by atoms with Gasteiger partial charge in [-0.15, -0.1) is 0 Å². The Bertz CT molecular complexity index is 1300. The van der Waals surface area contributed by atoms with E-state index < -0.39 is 6.10 Å². The molecule has 1 saturated heterocycles. The van der Waals surface area contributed by atoms with Crippen molar-refractivity contribution >= 4 is 23.2 Å². The number of ether oxygens (including phenoxy) is 1. The Hall–Kier alpha value is -3.07. The first-order valence-electron chi connectivity index (χ1n) is 13.2. The van der Waals surface area contributed by atoms with Gasteiger partial charge >= 0.3 is 0 Å². The van der Waals surface area contributed by atoms with Gasteiger partial charge in [0.15, 0.2) is 0 Å². The Morgan fingerprint density at radius 3 is 2.58 bits per heavy atom. The smallest absolute Gasteiger partial charge is 0.219 e. The van der Waals surface area contributed by atoms with Crippen LogP contribution < -0.4 is 9.64 Å². The molecule has 8 nitrogen and oxygen atoms in total. The van der Waals surface area contributed by atoms with E-state index in [0.29, 0.717) is 37.6 Å². The fourth-order valence-corrected chi connectivity index (χ4v) is 5.68. The number of para-hydroxylation sites is 2. The van der Waals surface area contributed by atoms with E-state index in [1.165, 1.54) is 0 Å². The molecule has 0 radical (unpaired) electrons.